The fourth-order valence-electron chi connectivity index (χ4n) is 5.54. The molecule has 2 saturated heterocycles. The number of carbonyl (C=O) groups excluding carboxylic acids is 2. The van der Waals surface area contributed by atoms with E-state index in [1.807, 2.05) is 0 Å². The van der Waals surface area contributed by atoms with Crippen LogP contribution in [0.15, 0.2) is 23.3 Å². The number of aliphatic hydroxyl groups excluding tert-OH is 3. The van der Waals surface area contributed by atoms with E-state index >= 15 is 0 Å². The second kappa shape index (κ2) is 8.87. The largest absolute Gasteiger partial charge is 0.463 e. The summed E-state index contributed by atoms with van der Waals surface area (Å²) in [7, 11) is 0. The minimum absolute atomic E-state index is 0.0275. The van der Waals surface area contributed by atoms with Crippen molar-refractivity contribution in [3.8, 4) is 0 Å². The van der Waals surface area contributed by atoms with Gasteiger partial charge in [-0.3, -0.25) is 4.79 Å². The zero-order valence-electron chi connectivity index (χ0n) is 18.5. The Balaban J connectivity index is 1.48. The van der Waals surface area contributed by atoms with E-state index in [1.165, 1.54) is 12.5 Å². The topological polar surface area (TPSA) is 132 Å². The van der Waals surface area contributed by atoms with Crippen molar-refractivity contribution in [2.24, 2.45) is 11.3 Å². The Morgan fingerprint density at radius 3 is 2.72 bits per heavy atom. The maximum atomic E-state index is 12.0. The lowest BCUT2D eigenvalue weighted by Crippen LogP contribution is -2.59. The van der Waals surface area contributed by atoms with Gasteiger partial charge in [0, 0.05) is 18.4 Å². The van der Waals surface area contributed by atoms with Gasteiger partial charge >= 0.3 is 11.9 Å². The van der Waals surface area contributed by atoms with E-state index in [0.29, 0.717) is 12.0 Å². The van der Waals surface area contributed by atoms with Crippen LogP contribution in [0.1, 0.15) is 46.0 Å². The Morgan fingerprint density at radius 1 is 1.25 bits per heavy atom. The van der Waals surface area contributed by atoms with Crippen molar-refractivity contribution in [2.45, 2.75) is 82.8 Å². The van der Waals surface area contributed by atoms with Crippen LogP contribution in [0.2, 0.25) is 0 Å². The van der Waals surface area contributed by atoms with Crippen LogP contribution in [-0.4, -0.2) is 77.3 Å². The molecular formula is C23H32O9. The van der Waals surface area contributed by atoms with Gasteiger partial charge in [0.15, 0.2) is 6.29 Å². The molecule has 32 heavy (non-hydrogen) atoms. The molecule has 8 atom stereocenters. The van der Waals surface area contributed by atoms with Crippen LogP contribution in [0.25, 0.3) is 0 Å². The van der Waals surface area contributed by atoms with Gasteiger partial charge in [0.05, 0.1) is 6.61 Å². The Hall–Kier alpha value is -1.78. The molecule has 0 spiro atoms. The molecule has 1 saturated carbocycles. The first-order valence-electron chi connectivity index (χ1n) is 11.2. The summed E-state index contributed by atoms with van der Waals surface area (Å²) in [6, 6.07) is 0. The molecule has 0 unspecified atom stereocenters. The van der Waals surface area contributed by atoms with Gasteiger partial charge in [0.1, 0.15) is 37.1 Å². The fourth-order valence-corrected chi connectivity index (χ4v) is 5.54. The maximum absolute atomic E-state index is 12.0. The molecule has 9 heteroatoms. The molecule has 9 nitrogen and oxygen atoms in total. The van der Waals surface area contributed by atoms with E-state index in [2.05, 4.69) is 13.5 Å². The first-order valence-corrected chi connectivity index (χ1v) is 11.2. The number of carbonyl (C=O) groups is 2. The highest BCUT2D eigenvalue weighted by molar-refractivity contribution is 5.91. The van der Waals surface area contributed by atoms with Gasteiger partial charge in [0.25, 0.3) is 0 Å². The first-order chi connectivity index (χ1) is 15.1. The van der Waals surface area contributed by atoms with Gasteiger partial charge in [-0.2, -0.15) is 0 Å². The molecule has 3 N–H and O–H groups in total. The molecule has 178 valence electrons. The van der Waals surface area contributed by atoms with E-state index in [9.17, 15) is 24.9 Å². The van der Waals surface area contributed by atoms with Crippen molar-refractivity contribution in [3.63, 3.8) is 0 Å². The van der Waals surface area contributed by atoms with E-state index < -0.39 is 36.7 Å². The highest BCUT2D eigenvalue weighted by Crippen LogP contribution is 2.54. The summed E-state index contributed by atoms with van der Waals surface area (Å²) in [5, 5.41) is 30.7. The predicted octanol–water partition coefficient (Wildman–Crippen LogP) is 0.752. The molecule has 4 aliphatic rings. The minimum Gasteiger partial charge on any atom is -0.463 e. The van der Waals surface area contributed by atoms with Gasteiger partial charge in [-0.1, -0.05) is 19.1 Å². The Morgan fingerprint density at radius 2 is 2.00 bits per heavy atom. The summed E-state index contributed by atoms with van der Waals surface area (Å²) in [4.78, 5) is 23.1. The minimum atomic E-state index is -1.50. The highest BCUT2D eigenvalue weighted by atomic mass is 16.7. The fraction of sp³-hybridized carbons (Fsp3) is 0.739. The van der Waals surface area contributed by atoms with Crippen LogP contribution in [0.5, 0.6) is 0 Å². The third kappa shape index (κ3) is 4.24. The number of aliphatic hydroxyl groups is 3. The molecule has 0 radical (unpaired) electrons. The van der Waals surface area contributed by atoms with Crippen LogP contribution in [0.4, 0.5) is 0 Å². The summed E-state index contributed by atoms with van der Waals surface area (Å²) >= 11 is 0. The van der Waals surface area contributed by atoms with Gasteiger partial charge in [-0.15, -0.1) is 0 Å². The summed E-state index contributed by atoms with van der Waals surface area (Å²) in [6.07, 6.45) is -2.46. The summed E-state index contributed by atoms with van der Waals surface area (Å²) in [6.45, 7) is 7.27. The number of hydrogen-bond acceptors (Lipinski definition) is 9. The van der Waals surface area contributed by atoms with Crippen molar-refractivity contribution in [3.05, 3.63) is 23.3 Å². The van der Waals surface area contributed by atoms with Crippen LogP contribution in [-0.2, 0) is 28.5 Å². The van der Waals surface area contributed by atoms with Crippen molar-refractivity contribution < 1.29 is 43.9 Å². The van der Waals surface area contributed by atoms with E-state index in [0.717, 1.165) is 31.3 Å². The summed E-state index contributed by atoms with van der Waals surface area (Å²) < 4.78 is 21.9. The van der Waals surface area contributed by atoms with Crippen LogP contribution < -0.4 is 0 Å². The average Bonchev–Trinajstić information content (AvgIpc) is 3.01. The van der Waals surface area contributed by atoms with Gasteiger partial charge in [-0.05, 0) is 43.1 Å². The van der Waals surface area contributed by atoms with Crippen molar-refractivity contribution in [1.82, 2.24) is 0 Å². The van der Waals surface area contributed by atoms with Gasteiger partial charge < -0.3 is 34.3 Å². The average molecular weight is 453 g/mol. The standard InChI is InChI=1S/C23H32O9/c1-11-14-7-15-13(5-4-6-23(15,3)8-16(14)31-21(11)28)9-30-22-20(27)19(26)18(25)17(32-22)10-29-12(2)24/h14,16-20,22,25-27H,1,4-10H2,2-3H3/t14-,16-,17+,18-,19-,20+,22+,23+/m0/s1. The Kier molecular flexibility index (Phi) is 6.48. The van der Waals surface area contributed by atoms with Gasteiger partial charge in [-0.25, -0.2) is 4.79 Å². The van der Waals surface area contributed by atoms with E-state index in [4.69, 9.17) is 18.9 Å². The lowest BCUT2D eigenvalue weighted by molar-refractivity contribution is -0.299. The lowest BCUT2D eigenvalue weighted by atomic mass is 9.60. The molecule has 0 bridgehead atoms. The Labute approximate surface area is 187 Å². The number of ether oxygens (including phenoxy) is 4. The smallest absolute Gasteiger partial charge is 0.334 e. The molecule has 0 aromatic carbocycles. The second-order valence-corrected chi connectivity index (χ2v) is 9.61. The summed E-state index contributed by atoms with van der Waals surface area (Å²) in [5.74, 6) is -0.884. The van der Waals surface area contributed by atoms with Crippen LogP contribution >= 0.6 is 0 Å². The summed E-state index contributed by atoms with van der Waals surface area (Å²) in [5.41, 5.74) is 2.76. The molecule has 4 rings (SSSR count). The quantitative estimate of drug-likeness (QED) is 0.314. The Bertz CT molecular complexity index is 820. The zero-order valence-corrected chi connectivity index (χ0v) is 18.5. The molecule has 2 heterocycles. The van der Waals surface area contributed by atoms with Gasteiger partial charge in [0.2, 0.25) is 0 Å². The maximum Gasteiger partial charge on any atom is 0.334 e. The van der Waals surface area contributed by atoms with E-state index in [-0.39, 0.29) is 36.6 Å². The number of hydrogen-bond donors (Lipinski definition) is 3. The van der Waals surface area contributed by atoms with Crippen LogP contribution in [0, 0.1) is 11.3 Å². The molecular weight excluding hydrogens is 420 g/mol. The third-order valence-electron chi connectivity index (χ3n) is 7.40. The SMILES string of the molecule is C=C1C(=O)O[C@H]2C[C@@]3(C)CCCC(CO[C@@H]4O[C@H](COC(C)=O)[C@H](O)[C@H](O)[C@H]4O)=C3C[C@@H]12. The first kappa shape index (κ1) is 23.4. The third-order valence-corrected chi connectivity index (χ3v) is 7.40. The molecule has 2 aliphatic heterocycles. The molecule has 0 aromatic heterocycles. The molecule has 2 aliphatic carbocycles. The van der Waals surface area contributed by atoms with Crippen molar-refractivity contribution in [1.29, 1.82) is 0 Å². The molecule has 3 fully saturated rings. The predicted molar refractivity (Wildman–Crippen MR) is 110 cm³/mol. The molecule has 0 aromatic rings. The number of allylic oxidation sites excluding steroid dienone is 1. The second-order valence-electron chi connectivity index (χ2n) is 9.61. The number of rotatable bonds is 5. The monoisotopic (exact) mass is 452 g/mol. The van der Waals surface area contributed by atoms with Crippen molar-refractivity contribution in [2.75, 3.05) is 13.2 Å². The lowest BCUT2D eigenvalue weighted by Gasteiger charge is -2.46. The highest BCUT2D eigenvalue weighted by Gasteiger charge is 2.50. The number of fused-ring (bicyclic) bond motifs is 2. The van der Waals surface area contributed by atoms with E-state index in [1.54, 1.807) is 0 Å². The van der Waals surface area contributed by atoms with Crippen LogP contribution in [0.3, 0.4) is 0 Å². The number of esters is 2. The molecule has 0 amide bonds. The normalized spacial score (nSPS) is 41.7. The van der Waals surface area contributed by atoms with Crippen molar-refractivity contribution >= 4 is 11.9 Å². The zero-order chi connectivity index (χ0) is 23.2.